The van der Waals surface area contributed by atoms with Gasteiger partial charge < -0.3 is 0 Å². The highest BCUT2D eigenvalue weighted by Crippen LogP contribution is 2.23. The molecule has 0 saturated heterocycles. The number of thiocarbonyl (C=S) groups is 1. The molecule has 1 aliphatic rings. The first-order valence-electron chi connectivity index (χ1n) is 6.14. The average Bonchev–Trinajstić information content (AvgIpc) is 2.33. The Bertz CT molecular complexity index is 452. The van der Waals surface area contributed by atoms with Gasteiger partial charge in [-0.3, -0.25) is 0 Å². The standard InChI is InChI=1S/C16H18S/c1-12(2)14-8-9-16(17)15(11-14)10-13-6-4-3-5-7-13/h3-9,11-12,15H,10H2,1-2H3. The van der Waals surface area contributed by atoms with Crippen molar-refractivity contribution in [2.75, 3.05) is 0 Å². The zero-order valence-electron chi connectivity index (χ0n) is 10.4. The third kappa shape index (κ3) is 3.13. The van der Waals surface area contributed by atoms with Crippen LogP contribution in [0.5, 0.6) is 0 Å². The lowest BCUT2D eigenvalue weighted by Gasteiger charge is -2.19. The Labute approximate surface area is 109 Å². The molecule has 0 bridgehead atoms. The first-order valence-corrected chi connectivity index (χ1v) is 6.55. The first-order chi connectivity index (χ1) is 8.16. The minimum Gasteiger partial charge on any atom is -0.0843 e. The molecule has 0 spiro atoms. The van der Waals surface area contributed by atoms with Gasteiger partial charge in [-0.1, -0.05) is 68.5 Å². The van der Waals surface area contributed by atoms with Gasteiger partial charge in [-0.15, -0.1) is 0 Å². The van der Waals surface area contributed by atoms with Gasteiger partial charge in [0.15, 0.2) is 0 Å². The van der Waals surface area contributed by atoms with Crippen LogP contribution in [0.3, 0.4) is 0 Å². The second-order valence-corrected chi connectivity index (χ2v) is 5.32. The Balaban J connectivity index is 2.15. The van der Waals surface area contributed by atoms with Gasteiger partial charge in [0.05, 0.1) is 0 Å². The van der Waals surface area contributed by atoms with Crippen molar-refractivity contribution in [3.63, 3.8) is 0 Å². The predicted octanol–water partition coefficient (Wildman–Crippen LogP) is 4.37. The van der Waals surface area contributed by atoms with E-state index in [1.54, 1.807) is 0 Å². The van der Waals surface area contributed by atoms with Gasteiger partial charge >= 0.3 is 0 Å². The van der Waals surface area contributed by atoms with Crippen molar-refractivity contribution >= 4 is 17.1 Å². The van der Waals surface area contributed by atoms with Gasteiger partial charge in [0.2, 0.25) is 0 Å². The molecule has 0 saturated carbocycles. The van der Waals surface area contributed by atoms with E-state index in [1.807, 2.05) is 0 Å². The minimum absolute atomic E-state index is 0.384. The molecule has 0 nitrogen and oxygen atoms in total. The van der Waals surface area contributed by atoms with E-state index in [0.717, 1.165) is 11.3 Å². The fourth-order valence-corrected chi connectivity index (χ4v) is 2.30. The number of hydrogen-bond donors (Lipinski definition) is 0. The molecule has 0 radical (unpaired) electrons. The summed E-state index contributed by atoms with van der Waals surface area (Å²) < 4.78 is 0. The molecule has 1 heteroatoms. The first kappa shape index (κ1) is 12.3. The van der Waals surface area contributed by atoms with Gasteiger partial charge in [-0.2, -0.15) is 0 Å². The molecule has 17 heavy (non-hydrogen) atoms. The minimum atomic E-state index is 0.384. The summed E-state index contributed by atoms with van der Waals surface area (Å²) in [6.45, 7) is 4.45. The Hall–Kier alpha value is -1.21. The maximum Gasteiger partial charge on any atom is 0.0224 e. The average molecular weight is 242 g/mol. The fraction of sp³-hybridized carbons (Fsp3) is 0.312. The molecule has 0 fully saturated rings. The maximum atomic E-state index is 5.43. The van der Waals surface area contributed by atoms with Gasteiger partial charge in [-0.25, -0.2) is 0 Å². The van der Waals surface area contributed by atoms with Gasteiger partial charge in [0, 0.05) is 10.8 Å². The van der Waals surface area contributed by atoms with Crippen LogP contribution in [0.15, 0.2) is 54.1 Å². The van der Waals surface area contributed by atoms with Crippen LogP contribution in [0.1, 0.15) is 19.4 Å². The lowest BCUT2D eigenvalue weighted by atomic mass is 9.87. The summed E-state index contributed by atoms with van der Waals surface area (Å²) in [5.74, 6) is 0.961. The third-order valence-electron chi connectivity index (χ3n) is 3.16. The molecule has 2 rings (SSSR count). The second-order valence-electron chi connectivity index (χ2n) is 4.85. The lowest BCUT2D eigenvalue weighted by Crippen LogP contribution is -2.15. The van der Waals surface area contributed by atoms with E-state index in [-0.39, 0.29) is 0 Å². The van der Waals surface area contributed by atoms with E-state index < -0.39 is 0 Å². The maximum absolute atomic E-state index is 5.43. The monoisotopic (exact) mass is 242 g/mol. The number of benzene rings is 1. The lowest BCUT2D eigenvalue weighted by molar-refractivity contribution is 0.757. The van der Waals surface area contributed by atoms with Crippen molar-refractivity contribution in [2.24, 2.45) is 11.8 Å². The molecule has 0 aromatic heterocycles. The third-order valence-corrected chi connectivity index (χ3v) is 3.60. The summed E-state index contributed by atoms with van der Waals surface area (Å²) in [6.07, 6.45) is 7.60. The molecular formula is C16H18S. The van der Waals surface area contributed by atoms with E-state index >= 15 is 0 Å². The zero-order chi connectivity index (χ0) is 12.3. The van der Waals surface area contributed by atoms with Crippen molar-refractivity contribution in [3.8, 4) is 0 Å². The van der Waals surface area contributed by atoms with Crippen molar-refractivity contribution in [1.82, 2.24) is 0 Å². The van der Waals surface area contributed by atoms with E-state index in [4.69, 9.17) is 12.2 Å². The van der Waals surface area contributed by atoms with Gasteiger partial charge in [-0.05, 0) is 29.6 Å². The summed E-state index contributed by atoms with van der Waals surface area (Å²) in [4.78, 5) is 1.05. The molecule has 1 aromatic rings. The summed E-state index contributed by atoms with van der Waals surface area (Å²) in [6, 6.07) is 10.6. The van der Waals surface area contributed by atoms with Gasteiger partial charge in [0.25, 0.3) is 0 Å². The molecule has 1 aromatic carbocycles. The summed E-state index contributed by atoms with van der Waals surface area (Å²) in [7, 11) is 0. The second kappa shape index (κ2) is 5.42. The highest BCUT2D eigenvalue weighted by molar-refractivity contribution is 7.80. The molecule has 0 aliphatic heterocycles. The van der Waals surface area contributed by atoms with Crippen LogP contribution in [0.2, 0.25) is 0 Å². The number of hydrogen-bond acceptors (Lipinski definition) is 1. The van der Waals surface area contributed by atoms with Crippen LogP contribution in [0.25, 0.3) is 0 Å². The molecule has 1 unspecified atom stereocenters. The van der Waals surface area contributed by atoms with Crippen molar-refractivity contribution in [2.45, 2.75) is 20.3 Å². The summed E-state index contributed by atoms with van der Waals surface area (Å²) >= 11 is 5.43. The molecule has 0 amide bonds. The quantitative estimate of drug-likeness (QED) is 0.709. The predicted molar refractivity (Wildman–Crippen MR) is 78.3 cm³/mol. The molecule has 1 atom stereocenters. The van der Waals surface area contributed by atoms with Crippen LogP contribution < -0.4 is 0 Å². The van der Waals surface area contributed by atoms with E-state index in [2.05, 4.69) is 62.4 Å². The van der Waals surface area contributed by atoms with Crippen molar-refractivity contribution in [1.29, 1.82) is 0 Å². The largest absolute Gasteiger partial charge is 0.0843 e. The van der Waals surface area contributed by atoms with Crippen LogP contribution in [-0.2, 0) is 6.42 Å². The zero-order valence-corrected chi connectivity index (χ0v) is 11.2. The Morgan fingerprint density at radius 1 is 1.12 bits per heavy atom. The highest BCUT2D eigenvalue weighted by Gasteiger charge is 2.16. The molecule has 88 valence electrons. The Morgan fingerprint density at radius 2 is 1.82 bits per heavy atom. The Morgan fingerprint density at radius 3 is 2.47 bits per heavy atom. The number of rotatable bonds is 3. The van der Waals surface area contributed by atoms with Crippen LogP contribution in [0, 0.1) is 11.8 Å². The molecule has 1 aliphatic carbocycles. The van der Waals surface area contributed by atoms with Crippen LogP contribution in [0.4, 0.5) is 0 Å². The van der Waals surface area contributed by atoms with Crippen LogP contribution in [-0.4, -0.2) is 4.86 Å². The van der Waals surface area contributed by atoms with Gasteiger partial charge in [0.1, 0.15) is 0 Å². The number of allylic oxidation sites excluding steroid dienone is 4. The van der Waals surface area contributed by atoms with Crippen LogP contribution >= 0.6 is 12.2 Å². The van der Waals surface area contributed by atoms with Crippen molar-refractivity contribution in [3.05, 3.63) is 59.7 Å². The van der Waals surface area contributed by atoms with E-state index in [1.165, 1.54) is 11.1 Å². The Kier molecular flexibility index (Phi) is 3.90. The summed E-state index contributed by atoms with van der Waals surface area (Å²) in [5, 5.41) is 0. The smallest absolute Gasteiger partial charge is 0.0224 e. The fourth-order valence-electron chi connectivity index (χ4n) is 2.08. The molecular weight excluding hydrogens is 224 g/mol. The highest BCUT2D eigenvalue weighted by atomic mass is 32.1. The van der Waals surface area contributed by atoms with Crippen molar-refractivity contribution < 1.29 is 0 Å². The molecule has 0 N–H and O–H groups in total. The van der Waals surface area contributed by atoms with E-state index in [0.29, 0.717) is 11.8 Å². The summed E-state index contributed by atoms with van der Waals surface area (Å²) in [5.41, 5.74) is 2.76. The van der Waals surface area contributed by atoms with E-state index in [9.17, 15) is 0 Å². The SMILES string of the molecule is CC(C)C1=CC(Cc2ccccc2)C(=S)C=C1. The molecule has 0 heterocycles. The topological polar surface area (TPSA) is 0 Å². The normalized spacial score (nSPS) is 19.6.